The molecule has 0 saturated heterocycles. The van der Waals surface area contributed by atoms with Crippen molar-refractivity contribution in [3.63, 3.8) is 0 Å². The number of nitrogens with two attached hydrogens (primary N) is 1. The molecule has 0 atom stereocenters. The minimum absolute atomic E-state index is 0.594. The van der Waals surface area contributed by atoms with Gasteiger partial charge in [-0.3, -0.25) is 0 Å². The molecule has 0 aromatic heterocycles. The summed E-state index contributed by atoms with van der Waals surface area (Å²) in [6.45, 7) is 0.594. The third-order valence-electron chi connectivity index (χ3n) is 2.30. The van der Waals surface area contributed by atoms with E-state index in [0.29, 0.717) is 6.54 Å². The van der Waals surface area contributed by atoms with Crippen molar-refractivity contribution in [3.05, 3.63) is 29.8 Å². The van der Waals surface area contributed by atoms with E-state index in [9.17, 15) is 0 Å². The van der Waals surface area contributed by atoms with E-state index in [1.54, 1.807) is 0 Å². The number of nitrogens with zero attached hydrogens (tertiary/aromatic N) is 1. The molecule has 2 heteroatoms. The maximum absolute atomic E-state index is 5.53. The third-order valence-corrected chi connectivity index (χ3v) is 2.30. The maximum atomic E-state index is 5.53. The molecule has 0 unspecified atom stereocenters. The zero-order valence-electron chi connectivity index (χ0n) is 6.54. The minimum atomic E-state index is 0.594. The second kappa shape index (κ2) is 1.84. The van der Waals surface area contributed by atoms with Crippen molar-refractivity contribution in [1.82, 2.24) is 4.98 Å². The molecule has 2 aliphatic rings. The number of fused-ring (bicyclic) bond motifs is 3. The van der Waals surface area contributed by atoms with E-state index >= 15 is 0 Å². The highest BCUT2D eigenvalue weighted by atomic mass is 14.8. The molecule has 0 radical (unpaired) electrons. The highest BCUT2D eigenvalue weighted by Crippen LogP contribution is 2.39. The van der Waals surface area contributed by atoms with E-state index in [2.05, 4.69) is 29.2 Å². The molecule has 0 bridgehead atoms. The second-order valence-electron chi connectivity index (χ2n) is 3.11. The Hall–Kier alpha value is -1.41. The van der Waals surface area contributed by atoms with Crippen LogP contribution < -0.4 is 5.73 Å². The van der Waals surface area contributed by atoms with Gasteiger partial charge in [0.15, 0.2) is 0 Å². The summed E-state index contributed by atoms with van der Waals surface area (Å²) < 4.78 is 0. The summed E-state index contributed by atoms with van der Waals surface area (Å²) >= 11 is 0. The van der Waals surface area contributed by atoms with E-state index in [1.165, 1.54) is 10.9 Å². The van der Waals surface area contributed by atoms with Gasteiger partial charge in [0.05, 0.1) is 11.2 Å². The van der Waals surface area contributed by atoms with Gasteiger partial charge in [0.25, 0.3) is 0 Å². The van der Waals surface area contributed by atoms with Crippen molar-refractivity contribution in [1.29, 1.82) is 0 Å². The first-order valence-electron chi connectivity index (χ1n) is 4.02. The van der Waals surface area contributed by atoms with Crippen molar-refractivity contribution >= 4 is 10.9 Å². The van der Waals surface area contributed by atoms with Gasteiger partial charge in [-0.15, -0.1) is 0 Å². The Bertz CT molecular complexity index is 474. The minimum Gasteiger partial charge on any atom is -0.326 e. The average molecular weight is 156 g/mol. The lowest BCUT2D eigenvalue weighted by Gasteiger charge is -1.94. The van der Waals surface area contributed by atoms with Crippen molar-refractivity contribution in [3.8, 4) is 11.3 Å². The molecule has 1 aliphatic carbocycles. The van der Waals surface area contributed by atoms with Crippen LogP contribution >= 0.6 is 0 Å². The molecule has 0 saturated carbocycles. The molecule has 1 aromatic carbocycles. The second-order valence-corrected chi connectivity index (χ2v) is 3.11. The van der Waals surface area contributed by atoms with E-state index in [0.717, 1.165) is 16.8 Å². The van der Waals surface area contributed by atoms with E-state index in [1.807, 2.05) is 0 Å². The fourth-order valence-electron chi connectivity index (χ4n) is 1.56. The predicted molar refractivity (Wildman–Crippen MR) is 48.6 cm³/mol. The first kappa shape index (κ1) is 6.14. The molecule has 2 nitrogen and oxygen atoms in total. The molecule has 0 fully saturated rings. The fraction of sp³-hybridized carbons (Fsp3) is 0.100. The quantitative estimate of drug-likeness (QED) is 0.582. The lowest BCUT2D eigenvalue weighted by atomic mass is 10.1. The van der Waals surface area contributed by atoms with Gasteiger partial charge in [0, 0.05) is 17.5 Å². The van der Waals surface area contributed by atoms with Gasteiger partial charge in [-0.25, -0.2) is 4.98 Å². The van der Waals surface area contributed by atoms with Crippen molar-refractivity contribution < 1.29 is 0 Å². The largest absolute Gasteiger partial charge is 0.326 e. The molecular weight excluding hydrogens is 148 g/mol. The number of pyridine rings is 1. The highest BCUT2D eigenvalue weighted by Gasteiger charge is 2.18. The van der Waals surface area contributed by atoms with Crippen LogP contribution in [0.5, 0.6) is 0 Å². The van der Waals surface area contributed by atoms with Crippen LogP contribution in [-0.4, -0.2) is 4.98 Å². The Morgan fingerprint density at radius 1 is 1.25 bits per heavy atom. The molecule has 0 spiro atoms. The van der Waals surface area contributed by atoms with Crippen molar-refractivity contribution in [2.75, 3.05) is 0 Å². The standard InChI is InChI=1S/C10H8N2/c11-5-6-1-2-7-8-4-10(8)12-9(7)3-6/h1-4H,5,11H2. The molecular formula is C10H8N2. The normalized spacial score (nSPS) is 12.1. The number of aromatic nitrogens is 1. The van der Waals surface area contributed by atoms with Crippen LogP contribution in [0, 0.1) is 0 Å². The topological polar surface area (TPSA) is 38.9 Å². The predicted octanol–water partition coefficient (Wildman–Crippen LogP) is 1.67. The van der Waals surface area contributed by atoms with Crippen LogP contribution in [0.2, 0.25) is 0 Å². The van der Waals surface area contributed by atoms with Crippen molar-refractivity contribution in [2.45, 2.75) is 6.54 Å². The Balaban J connectivity index is 2.34. The van der Waals surface area contributed by atoms with Crippen LogP contribution in [0.25, 0.3) is 22.2 Å². The third kappa shape index (κ3) is 0.650. The van der Waals surface area contributed by atoms with Gasteiger partial charge in [-0.05, 0) is 17.7 Å². The van der Waals surface area contributed by atoms with Crippen LogP contribution in [0.15, 0.2) is 24.3 Å². The first-order valence-corrected chi connectivity index (χ1v) is 4.02. The molecule has 1 aliphatic heterocycles. The number of benzene rings is 1. The zero-order valence-corrected chi connectivity index (χ0v) is 6.54. The molecule has 3 rings (SSSR count). The van der Waals surface area contributed by atoms with Crippen LogP contribution in [0.3, 0.4) is 0 Å². The van der Waals surface area contributed by atoms with Crippen LogP contribution in [-0.2, 0) is 6.54 Å². The summed E-state index contributed by atoms with van der Waals surface area (Å²) in [7, 11) is 0. The van der Waals surface area contributed by atoms with Gasteiger partial charge < -0.3 is 5.73 Å². The number of rotatable bonds is 1. The summed E-state index contributed by atoms with van der Waals surface area (Å²) in [5, 5.41) is 1.27. The lowest BCUT2D eigenvalue weighted by molar-refractivity contribution is 1.07. The van der Waals surface area contributed by atoms with Gasteiger partial charge in [-0.1, -0.05) is 12.1 Å². The summed E-state index contributed by atoms with van der Waals surface area (Å²) in [4.78, 5) is 4.40. The van der Waals surface area contributed by atoms with E-state index < -0.39 is 0 Å². The van der Waals surface area contributed by atoms with Crippen LogP contribution in [0.4, 0.5) is 0 Å². The van der Waals surface area contributed by atoms with Crippen molar-refractivity contribution in [2.24, 2.45) is 5.73 Å². The van der Waals surface area contributed by atoms with Crippen LogP contribution in [0.1, 0.15) is 5.56 Å². The molecule has 1 heterocycles. The molecule has 0 amide bonds. The summed E-state index contributed by atoms with van der Waals surface area (Å²) in [6.07, 6.45) is 0. The molecule has 58 valence electrons. The fourth-order valence-corrected chi connectivity index (χ4v) is 1.56. The Morgan fingerprint density at radius 3 is 3.00 bits per heavy atom. The van der Waals surface area contributed by atoms with Gasteiger partial charge in [-0.2, -0.15) is 0 Å². The van der Waals surface area contributed by atoms with Gasteiger partial charge in [0.2, 0.25) is 0 Å². The number of hydrogen-bond acceptors (Lipinski definition) is 2. The number of hydrogen-bond donors (Lipinski definition) is 1. The Labute approximate surface area is 70.0 Å². The van der Waals surface area contributed by atoms with Gasteiger partial charge >= 0.3 is 0 Å². The van der Waals surface area contributed by atoms with E-state index in [4.69, 9.17) is 5.73 Å². The maximum Gasteiger partial charge on any atom is 0.0724 e. The Morgan fingerprint density at radius 2 is 2.17 bits per heavy atom. The smallest absolute Gasteiger partial charge is 0.0724 e. The first-order chi connectivity index (χ1) is 5.88. The molecule has 2 N–H and O–H groups in total. The Kier molecular flexibility index (Phi) is 0.944. The summed E-state index contributed by atoms with van der Waals surface area (Å²) in [6, 6.07) is 8.34. The summed E-state index contributed by atoms with van der Waals surface area (Å²) in [5.74, 6) is 0. The zero-order chi connectivity index (χ0) is 8.13. The highest BCUT2D eigenvalue weighted by molar-refractivity contribution is 6.04. The summed E-state index contributed by atoms with van der Waals surface area (Å²) in [5.41, 5.74) is 10.2. The van der Waals surface area contributed by atoms with Gasteiger partial charge in [0.1, 0.15) is 0 Å². The monoisotopic (exact) mass is 156 g/mol. The molecule has 1 aromatic rings. The average Bonchev–Trinajstić information content (AvgIpc) is 2.78. The molecule has 12 heavy (non-hydrogen) atoms. The SMILES string of the molecule is NCc1ccc2c3cc-3nc2c1. The van der Waals surface area contributed by atoms with E-state index in [-0.39, 0.29) is 0 Å². The lowest BCUT2D eigenvalue weighted by Crippen LogP contribution is -1.94.